The van der Waals surface area contributed by atoms with E-state index in [2.05, 4.69) is 6.92 Å². The number of carbonyl (C=O) groups is 2. The van der Waals surface area contributed by atoms with Gasteiger partial charge in [0, 0.05) is 0 Å². The molecule has 168 valence electrons. The SMILES string of the molecule is CC1CCCC1C1C2CC(C3C4CCC(C4)C23)C1C(C(=O)OCCO)C(C)C(=O)O. The maximum absolute atomic E-state index is 13.2. The number of carboxylic acid groups (broad SMARTS) is 1. The minimum atomic E-state index is -0.897. The highest BCUT2D eigenvalue weighted by Gasteiger charge is 2.69. The van der Waals surface area contributed by atoms with Gasteiger partial charge in [0.05, 0.1) is 18.4 Å². The number of aliphatic hydroxyl groups excluding tert-OH is 1. The summed E-state index contributed by atoms with van der Waals surface area (Å²) in [5.41, 5.74) is 0. The van der Waals surface area contributed by atoms with Crippen LogP contribution in [0.4, 0.5) is 0 Å². The van der Waals surface area contributed by atoms with Crippen molar-refractivity contribution in [2.45, 2.75) is 58.8 Å². The first-order valence-corrected chi connectivity index (χ1v) is 12.4. The van der Waals surface area contributed by atoms with Gasteiger partial charge in [0.25, 0.3) is 0 Å². The molecule has 0 aromatic heterocycles. The molecule has 0 radical (unpaired) electrons. The lowest BCUT2D eigenvalue weighted by Crippen LogP contribution is -2.48. The van der Waals surface area contributed by atoms with Gasteiger partial charge in [-0.15, -0.1) is 0 Å². The fraction of sp³-hybridized carbons (Fsp3) is 0.920. The van der Waals surface area contributed by atoms with Crippen LogP contribution in [0.25, 0.3) is 0 Å². The third-order valence-corrected chi connectivity index (χ3v) is 10.4. The first kappa shape index (κ1) is 20.8. The van der Waals surface area contributed by atoms with Crippen LogP contribution >= 0.6 is 0 Å². The Hall–Kier alpha value is -1.10. The molecule has 5 saturated carbocycles. The molecule has 5 rings (SSSR count). The molecule has 5 aliphatic rings. The fourth-order valence-electron chi connectivity index (χ4n) is 9.62. The third kappa shape index (κ3) is 2.97. The van der Waals surface area contributed by atoms with Gasteiger partial charge in [-0.2, -0.15) is 0 Å². The van der Waals surface area contributed by atoms with Gasteiger partial charge in [-0.1, -0.05) is 26.7 Å². The quantitative estimate of drug-likeness (QED) is 0.485. The van der Waals surface area contributed by atoms with Crippen molar-refractivity contribution in [1.82, 2.24) is 0 Å². The van der Waals surface area contributed by atoms with Crippen molar-refractivity contribution in [3.8, 4) is 0 Å². The number of hydrogen-bond donors (Lipinski definition) is 2. The molecule has 0 heterocycles. The average Bonchev–Trinajstić information content (AvgIpc) is 3.51. The van der Waals surface area contributed by atoms with Crippen molar-refractivity contribution in [1.29, 1.82) is 0 Å². The lowest BCUT2D eigenvalue weighted by molar-refractivity contribution is -0.165. The number of carbonyl (C=O) groups excluding carboxylic acids is 1. The molecule has 12 atom stereocenters. The van der Waals surface area contributed by atoms with Crippen molar-refractivity contribution in [3.05, 3.63) is 0 Å². The molecule has 0 saturated heterocycles. The topological polar surface area (TPSA) is 83.8 Å². The molecule has 0 spiro atoms. The van der Waals surface area contributed by atoms with Crippen LogP contribution in [0.3, 0.4) is 0 Å². The molecule has 5 aliphatic carbocycles. The van der Waals surface area contributed by atoms with E-state index in [0.29, 0.717) is 35.5 Å². The Morgan fingerprint density at radius 1 is 0.967 bits per heavy atom. The summed E-state index contributed by atoms with van der Waals surface area (Å²) in [4.78, 5) is 25.3. The first-order chi connectivity index (χ1) is 14.4. The van der Waals surface area contributed by atoms with Gasteiger partial charge in [0.15, 0.2) is 0 Å². The van der Waals surface area contributed by atoms with Crippen molar-refractivity contribution in [2.24, 2.45) is 71.0 Å². The molecule has 0 aliphatic heterocycles. The lowest BCUT2D eigenvalue weighted by Gasteiger charge is -2.48. The van der Waals surface area contributed by atoms with Gasteiger partial charge >= 0.3 is 11.9 Å². The van der Waals surface area contributed by atoms with E-state index in [1.165, 1.54) is 44.9 Å². The zero-order valence-electron chi connectivity index (χ0n) is 18.4. The number of fused-ring (bicyclic) bond motifs is 9. The summed E-state index contributed by atoms with van der Waals surface area (Å²) < 4.78 is 5.40. The number of carboxylic acids is 1. The zero-order valence-corrected chi connectivity index (χ0v) is 18.4. The maximum atomic E-state index is 13.2. The average molecular weight is 419 g/mol. The Kier molecular flexibility index (Phi) is 5.40. The summed E-state index contributed by atoms with van der Waals surface area (Å²) in [5, 5.41) is 19.1. The van der Waals surface area contributed by atoms with E-state index >= 15 is 0 Å². The first-order valence-electron chi connectivity index (χ1n) is 12.4. The van der Waals surface area contributed by atoms with Crippen molar-refractivity contribution < 1.29 is 24.5 Å². The molecule has 5 fully saturated rings. The highest BCUT2D eigenvalue weighted by molar-refractivity contribution is 5.81. The fourth-order valence-corrected chi connectivity index (χ4v) is 9.62. The van der Waals surface area contributed by atoms with E-state index in [4.69, 9.17) is 4.74 Å². The smallest absolute Gasteiger partial charge is 0.310 e. The van der Waals surface area contributed by atoms with E-state index in [0.717, 1.165) is 17.8 Å². The molecule has 5 nitrogen and oxygen atoms in total. The van der Waals surface area contributed by atoms with Crippen LogP contribution in [-0.2, 0) is 14.3 Å². The Balaban J connectivity index is 1.52. The van der Waals surface area contributed by atoms with Gasteiger partial charge in [0.1, 0.15) is 6.61 Å². The summed E-state index contributed by atoms with van der Waals surface area (Å²) in [5.74, 6) is 3.69. The minimum absolute atomic E-state index is 0.0380. The van der Waals surface area contributed by atoms with Crippen molar-refractivity contribution >= 4 is 11.9 Å². The largest absolute Gasteiger partial charge is 0.481 e. The van der Waals surface area contributed by atoms with Crippen LogP contribution in [0.1, 0.15) is 58.8 Å². The van der Waals surface area contributed by atoms with E-state index in [1.807, 2.05) is 0 Å². The van der Waals surface area contributed by atoms with Gasteiger partial charge in [0.2, 0.25) is 0 Å². The molecule has 0 aromatic carbocycles. The Labute approximate surface area is 179 Å². The monoisotopic (exact) mass is 418 g/mol. The Bertz CT molecular complexity index is 691. The molecule has 5 heteroatoms. The molecule has 12 unspecified atom stereocenters. The van der Waals surface area contributed by atoms with Crippen LogP contribution in [-0.4, -0.2) is 35.4 Å². The molecule has 0 amide bonds. The van der Waals surface area contributed by atoms with Crippen molar-refractivity contribution in [3.63, 3.8) is 0 Å². The third-order valence-electron chi connectivity index (χ3n) is 10.4. The van der Waals surface area contributed by atoms with Crippen LogP contribution < -0.4 is 0 Å². The molecular formula is C25H38O5. The second-order valence-electron chi connectivity index (χ2n) is 11.3. The summed E-state index contributed by atoms with van der Waals surface area (Å²) in [6.07, 6.45) is 9.06. The van der Waals surface area contributed by atoms with E-state index < -0.39 is 17.8 Å². The Morgan fingerprint density at radius 3 is 2.27 bits per heavy atom. The van der Waals surface area contributed by atoms with E-state index in [1.54, 1.807) is 6.92 Å². The van der Waals surface area contributed by atoms with Crippen LogP contribution in [0.5, 0.6) is 0 Å². The van der Waals surface area contributed by atoms with Crippen molar-refractivity contribution in [2.75, 3.05) is 13.2 Å². The zero-order chi connectivity index (χ0) is 21.2. The second kappa shape index (κ2) is 7.79. The maximum Gasteiger partial charge on any atom is 0.310 e. The van der Waals surface area contributed by atoms with Gasteiger partial charge in [-0.3, -0.25) is 9.59 Å². The second-order valence-corrected chi connectivity index (χ2v) is 11.3. The van der Waals surface area contributed by atoms with E-state index in [-0.39, 0.29) is 25.1 Å². The summed E-state index contributed by atoms with van der Waals surface area (Å²) in [6.45, 7) is 3.82. The number of rotatable bonds is 7. The molecule has 30 heavy (non-hydrogen) atoms. The minimum Gasteiger partial charge on any atom is -0.481 e. The Morgan fingerprint density at radius 2 is 1.67 bits per heavy atom. The van der Waals surface area contributed by atoms with Crippen LogP contribution in [0.2, 0.25) is 0 Å². The molecule has 2 N–H and O–H groups in total. The molecule has 0 aromatic rings. The number of esters is 1. The normalized spacial score (nSPS) is 48.0. The highest BCUT2D eigenvalue weighted by Crippen LogP contribution is 2.73. The molecule has 4 bridgehead atoms. The van der Waals surface area contributed by atoms with Gasteiger partial charge in [-0.25, -0.2) is 0 Å². The summed E-state index contributed by atoms with van der Waals surface area (Å²) in [6, 6.07) is 0. The van der Waals surface area contributed by atoms with E-state index in [9.17, 15) is 19.8 Å². The number of hydrogen-bond acceptors (Lipinski definition) is 4. The van der Waals surface area contributed by atoms with Gasteiger partial charge < -0.3 is 14.9 Å². The predicted octanol–water partition coefficient (Wildman–Crippen LogP) is 3.84. The number of ether oxygens (including phenoxy) is 1. The van der Waals surface area contributed by atoms with Crippen LogP contribution in [0.15, 0.2) is 0 Å². The predicted molar refractivity (Wildman–Crippen MR) is 111 cm³/mol. The van der Waals surface area contributed by atoms with Crippen LogP contribution in [0, 0.1) is 71.0 Å². The standard InChI is InChI=1S/C25H38O5/c1-12-4-3-5-16(12)22-17-11-18(21-15-7-6-14(10-15)20(17)21)23(22)19(13(2)24(27)28)25(29)30-9-8-26/h12-23,26H,3-11H2,1-2H3,(H,27,28). The highest BCUT2D eigenvalue weighted by atomic mass is 16.5. The molecular weight excluding hydrogens is 380 g/mol. The lowest BCUT2D eigenvalue weighted by atomic mass is 9.55. The number of aliphatic carboxylic acids is 1. The summed E-state index contributed by atoms with van der Waals surface area (Å²) >= 11 is 0. The van der Waals surface area contributed by atoms with Gasteiger partial charge in [-0.05, 0) is 91.3 Å². The number of aliphatic hydroxyl groups is 1. The summed E-state index contributed by atoms with van der Waals surface area (Å²) in [7, 11) is 0.